The summed E-state index contributed by atoms with van der Waals surface area (Å²) in [5.41, 5.74) is 6.03. The second-order valence-electron chi connectivity index (χ2n) is 4.71. The molecule has 0 saturated carbocycles. The fourth-order valence-electron chi connectivity index (χ4n) is 1.82. The van der Waals surface area contributed by atoms with Crippen LogP contribution in [-0.4, -0.2) is 22.3 Å². The first-order valence-corrected chi connectivity index (χ1v) is 8.70. The molecule has 0 radical (unpaired) electrons. The maximum absolute atomic E-state index is 10.9. The van der Waals surface area contributed by atoms with E-state index in [0.717, 1.165) is 10.6 Å². The highest BCUT2D eigenvalue weighted by Gasteiger charge is 2.12. The van der Waals surface area contributed by atoms with E-state index in [2.05, 4.69) is 10.6 Å². The number of nitrogens with two attached hydrogens (primary N) is 1. The van der Waals surface area contributed by atoms with E-state index < -0.39 is 4.92 Å². The molecule has 0 aliphatic rings. The Morgan fingerprint density at radius 1 is 1.29 bits per heavy atom. The Kier molecular flexibility index (Phi) is 6.65. The predicted octanol–water partition coefficient (Wildman–Crippen LogP) is 3.91. The molecule has 126 valence electrons. The maximum atomic E-state index is 10.9. The van der Waals surface area contributed by atoms with Gasteiger partial charge in [-0.05, 0) is 48.6 Å². The van der Waals surface area contributed by atoms with Gasteiger partial charge < -0.3 is 16.4 Å². The van der Waals surface area contributed by atoms with E-state index in [0.29, 0.717) is 22.4 Å². The number of halogens is 1. The van der Waals surface area contributed by atoms with Crippen molar-refractivity contribution in [3.8, 4) is 0 Å². The van der Waals surface area contributed by atoms with Crippen molar-refractivity contribution in [1.82, 2.24) is 5.32 Å². The van der Waals surface area contributed by atoms with Gasteiger partial charge in [-0.2, -0.15) is 0 Å². The van der Waals surface area contributed by atoms with E-state index in [1.54, 1.807) is 17.8 Å². The summed E-state index contributed by atoms with van der Waals surface area (Å²) in [4.78, 5) is 11.5. The molecule has 2 aromatic carbocycles. The molecular formula is C15H15ClN4O2S2. The summed E-state index contributed by atoms with van der Waals surface area (Å²) in [5, 5.41) is 17.9. The average Bonchev–Trinajstić information content (AvgIpc) is 2.55. The summed E-state index contributed by atoms with van der Waals surface area (Å²) < 4.78 is 0. The van der Waals surface area contributed by atoms with Crippen molar-refractivity contribution >= 4 is 57.8 Å². The van der Waals surface area contributed by atoms with Crippen LogP contribution in [0.1, 0.15) is 0 Å². The molecule has 9 heteroatoms. The lowest BCUT2D eigenvalue weighted by Crippen LogP contribution is -2.30. The van der Waals surface area contributed by atoms with Crippen molar-refractivity contribution in [3.63, 3.8) is 0 Å². The summed E-state index contributed by atoms with van der Waals surface area (Å²) in [7, 11) is 0. The number of thioether (sulfide) groups is 1. The third kappa shape index (κ3) is 5.55. The van der Waals surface area contributed by atoms with Gasteiger partial charge in [0.25, 0.3) is 5.69 Å². The normalized spacial score (nSPS) is 10.2. The Bertz CT molecular complexity index is 741. The third-order valence-corrected chi connectivity index (χ3v) is 4.47. The molecule has 0 atom stereocenters. The van der Waals surface area contributed by atoms with Crippen LogP contribution in [0.4, 0.5) is 17.1 Å². The van der Waals surface area contributed by atoms with E-state index in [1.165, 1.54) is 12.1 Å². The largest absolute Gasteiger partial charge is 0.393 e. The number of thiocarbonyl (C=S) groups is 1. The van der Waals surface area contributed by atoms with Gasteiger partial charge in [0.15, 0.2) is 5.11 Å². The second-order valence-corrected chi connectivity index (χ2v) is 6.73. The summed E-state index contributed by atoms with van der Waals surface area (Å²) in [6.07, 6.45) is 0. The highest BCUT2D eigenvalue weighted by Crippen LogP contribution is 2.25. The zero-order valence-electron chi connectivity index (χ0n) is 12.5. The topological polar surface area (TPSA) is 93.2 Å². The van der Waals surface area contributed by atoms with Crippen LogP contribution in [-0.2, 0) is 0 Å². The molecule has 0 fully saturated rings. The van der Waals surface area contributed by atoms with Crippen LogP contribution < -0.4 is 16.4 Å². The minimum atomic E-state index is -0.528. The van der Waals surface area contributed by atoms with Gasteiger partial charge in [0, 0.05) is 34.0 Å². The highest BCUT2D eigenvalue weighted by atomic mass is 35.5. The fraction of sp³-hybridized carbons (Fsp3) is 0.133. The van der Waals surface area contributed by atoms with Crippen molar-refractivity contribution in [2.45, 2.75) is 4.90 Å². The van der Waals surface area contributed by atoms with E-state index in [1.807, 2.05) is 24.3 Å². The van der Waals surface area contributed by atoms with E-state index >= 15 is 0 Å². The van der Waals surface area contributed by atoms with Crippen molar-refractivity contribution in [2.75, 3.05) is 23.3 Å². The molecule has 0 saturated heterocycles. The van der Waals surface area contributed by atoms with Gasteiger partial charge in [-0.15, -0.1) is 11.8 Å². The van der Waals surface area contributed by atoms with E-state index in [9.17, 15) is 10.1 Å². The lowest BCUT2D eigenvalue weighted by molar-refractivity contribution is -0.383. The molecule has 6 nitrogen and oxygen atoms in total. The molecule has 2 rings (SSSR count). The molecule has 0 aliphatic heterocycles. The number of nitrogens with one attached hydrogen (secondary N) is 2. The lowest BCUT2D eigenvalue weighted by Gasteiger charge is -2.10. The molecule has 0 aliphatic carbocycles. The Morgan fingerprint density at radius 2 is 2.00 bits per heavy atom. The third-order valence-electron chi connectivity index (χ3n) is 2.95. The van der Waals surface area contributed by atoms with Crippen LogP contribution >= 0.6 is 35.6 Å². The Labute approximate surface area is 153 Å². The summed E-state index contributed by atoms with van der Waals surface area (Å²) in [6.45, 7) is 0.649. The number of nitrogen functional groups attached to an aromatic ring is 1. The molecule has 0 amide bonds. The monoisotopic (exact) mass is 382 g/mol. The van der Waals surface area contributed by atoms with Crippen LogP contribution in [0.25, 0.3) is 0 Å². The summed E-state index contributed by atoms with van der Waals surface area (Å²) >= 11 is 12.7. The number of anilines is 2. The molecule has 0 heterocycles. The first-order chi connectivity index (χ1) is 11.5. The van der Waals surface area contributed by atoms with Gasteiger partial charge in [0.2, 0.25) is 0 Å². The van der Waals surface area contributed by atoms with Crippen LogP contribution in [0.5, 0.6) is 0 Å². The molecule has 0 aromatic heterocycles. The number of nitrogens with zero attached hydrogens (tertiary/aromatic N) is 1. The number of hydrogen-bond donors (Lipinski definition) is 3. The van der Waals surface area contributed by atoms with Crippen molar-refractivity contribution < 1.29 is 4.92 Å². The van der Waals surface area contributed by atoms with E-state index in [4.69, 9.17) is 29.6 Å². The van der Waals surface area contributed by atoms with Crippen LogP contribution in [0, 0.1) is 10.1 Å². The van der Waals surface area contributed by atoms with Crippen molar-refractivity contribution in [1.29, 1.82) is 0 Å². The van der Waals surface area contributed by atoms with Gasteiger partial charge in [0.05, 0.1) is 4.92 Å². The number of rotatable bonds is 6. The number of nitro groups is 1. The Hall–Kier alpha value is -2.03. The molecule has 0 bridgehead atoms. The SMILES string of the molecule is Nc1ccc(NC(=S)NCCSc2ccc(Cl)cc2)cc1[N+](=O)[O-]. The van der Waals surface area contributed by atoms with Gasteiger partial charge in [-0.25, -0.2) is 0 Å². The number of hydrogen-bond acceptors (Lipinski definition) is 5. The molecule has 4 N–H and O–H groups in total. The quantitative estimate of drug-likeness (QED) is 0.174. The molecule has 0 unspecified atom stereocenters. The summed E-state index contributed by atoms with van der Waals surface area (Å²) in [6, 6.07) is 12.1. The number of benzene rings is 2. The fourth-order valence-corrected chi connectivity index (χ4v) is 2.93. The molecule has 2 aromatic rings. The highest BCUT2D eigenvalue weighted by molar-refractivity contribution is 7.99. The van der Waals surface area contributed by atoms with Crippen LogP contribution in [0.15, 0.2) is 47.4 Å². The zero-order chi connectivity index (χ0) is 17.5. The van der Waals surface area contributed by atoms with Crippen molar-refractivity contribution in [3.05, 3.63) is 57.6 Å². The van der Waals surface area contributed by atoms with Gasteiger partial charge >= 0.3 is 0 Å². The van der Waals surface area contributed by atoms with Gasteiger partial charge in [-0.3, -0.25) is 10.1 Å². The smallest absolute Gasteiger partial charge is 0.294 e. The predicted molar refractivity (Wildman–Crippen MR) is 104 cm³/mol. The maximum Gasteiger partial charge on any atom is 0.294 e. The van der Waals surface area contributed by atoms with Gasteiger partial charge in [-0.1, -0.05) is 11.6 Å². The number of nitro benzene ring substituents is 1. The zero-order valence-corrected chi connectivity index (χ0v) is 14.9. The van der Waals surface area contributed by atoms with Crippen molar-refractivity contribution in [2.24, 2.45) is 0 Å². The summed E-state index contributed by atoms with van der Waals surface area (Å²) in [5.74, 6) is 0.811. The molecular weight excluding hydrogens is 368 g/mol. The average molecular weight is 383 g/mol. The molecule has 24 heavy (non-hydrogen) atoms. The van der Waals surface area contributed by atoms with E-state index in [-0.39, 0.29) is 11.4 Å². The first-order valence-electron chi connectivity index (χ1n) is 6.93. The Morgan fingerprint density at radius 3 is 2.67 bits per heavy atom. The lowest BCUT2D eigenvalue weighted by atomic mass is 10.2. The minimum absolute atomic E-state index is 0.115. The first kappa shape index (κ1) is 18.3. The minimum Gasteiger partial charge on any atom is -0.393 e. The Balaban J connectivity index is 1.78. The standard InChI is InChI=1S/C15H15ClN4O2S2/c16-10-1-4-12(5-2-10)24-8-7-18-15(23)19-11-3-6-13(17)14(9-11)20(21)22/h1-6,9H,7-8,17H2,(H2,18,19,23). The molecule has 0 spiro atoms. The second kappa shape index (κ2) is 8.72. The van der Waals surface area contributed by atoms with Crippen LogP contribution in [0.3, 0.4) is 0 Å². The van der Waals surface area contributed by atoms with Gasteiger partial charge in [0.1, 0.15) is 5.69 Å². The van der Waals surface area contributed by atoms with Crippen LogP contribution in [0.2, 0.25) is 5.02 Å².